The predicted octanol–water partition coefficient (Wildman–Crippen LogP) is 3.57. The van der Waals surface area contributed by atoms with E-state index in [1.54, 1.807) is 0 Å². The number of methoxy groups -OCH3 is 1. The molecule has 0 aliphatic carbocycles. The van der Waals surface area contributed by atoms with Crippen molar-refractivity contribution in [3.63, 3.8) is 0 Å². The smallest absolute Gasteiger partial charge is 0.341 e. The van der Waals surface area contributed by atoms with Crippen LogP contribution in [-0.2, 0) is 11.3 Å². The highest BCUT2D eigenvalue weighted by molar-refractivity contribution is 5.95. The summed E-state index contributed by atoms with van der Waals surface area (Å²) in [5, 5.41) is 0. The lowest BCUT2D eigenvalue weighted by Gasteiger charge is -2.18. The van der Waals surface area contributed by atoms with Crippen molar-refractivity contribution in [2.24, 2.45) is 0 Å². The largest absolute Gasteiger partial charge is 0.465 e. The fraction of sp³-hybridized carbons (Fsp3) is 0.150. The molecular formula is C20H19N3O2. The Morgan fingerprint density at radius 2 is 1.68 bits per heavy atom. The van der Waals surface area contributed by atoms with Gasteiger partial charge in [-0.05, 0) is 5.56 Å². The Balaban J connectivity index is 1.97. The number of hydrogen-bond acceptors (Lipinski definition) is 5. The molecule has 0 aliphatic heterocycles. The van der Waals surface area contributed by atoms with E-state index in [-0.39, 0.29) is 0 Å². The number of rotatable bonds is 5. The molecule has 5 nitrogen and oxygen atoms in total. The van der Waals surface area contributed by atoms with Crippen LogP contribution >= 0.6 is 0 Å². The second kappa shape index (κ2) is 7.57. The molecule has 0 bridgehead atoms. The number of ether oxygens (including phenoxy) is 1. The van der Waals surface area contributed by atoms with Crippen LogP contribution in [0.3, 0.4) is 0 Å². The molecule has 0 saturated heterocycles. The number of benzene rings is 2. The number of carbonyl (C=O) groups is 1. The molecule has 5 heteroatoms. The topological polar surface area (TPSA) is 55.3 Å². The van der Waals surface area contributed by atoms with Gasteiger partial charge in [-0.1, -0.05) is 60.7 Å². The standard InChI is InChI=1S/C20H19N3O2/c1-23(14-15-9-5-3-6-10-15)20-21-13-17(19(24)25-2)18(22-20)16-11-7-4-8-12-16/h3-13H,14H2,1-2H3. The Bertz CT molecular complexity index is 851. The van der Waals surface area contributed by atoms with Crippen molar-refractivity contribution in [3.8, 4) is 11.3 Å². The monoisotopic (exact) mass is 333 g/mol. The van der Waals surface area contributed by atoms with Gasteiger partial charge < -0.3 is 9.64 Å². The maximum absolute atomic E-state index is 12.1. The highest BCUT2D eigenvalue weighted by atomic mass is 16.5. The van der Waals surface area contributed by atoms with E-state index in [4.69, 9.17) is 4.74 Å². The lowest BCUT2D eigenvalue weighted by atomic mass is 10.1. The van der Waals surface area contributed by atoms with Gasteiger partial charge in [-0.15, -0.1) is 0 Å². The number of nitrogens with zero attached hydrogens (tertiary/aromatic N) is 3. The molecule has 126 valence electrons. The van der Waals surface area contributed by atoms with Gasteiger partial charge in [-0.2, -0.15) is 0 Å². The third-order valence-electron chi connectivity index (χ3n) is 3.83. The molecule has 1 heterocycles. The van der Waals surface area contributed by atoms with Crippen LogP contribution in [0, 0.1) is 0 Å². The first-order valence-electron chi connectivity index (χ1n) is 7.95. The summed E-state index contributed by atoms with van der Waals surface area (Å²) >= 11 is 0. The van der Waals surface area contributed by atoms with Crippen LogP contribution in [0.1, 0.15) is 15.9 Å². The number of carbonyl (C=O) groups excluding carboxylic acids is 1. The lowest BCUT2D eigenvalue weighted by Crippen LogP contribution is -2.20. The van der Waals surface area contributed by atoms with Gasteiger partial charge in [0, 0.05) is 25.4 Å². The Kier molecular flexibility index (Phi) is 5.04. The van der Waals surface area contributed by atoms with Gasteiger partial charge in [0.05, 0.1) is 12.8 Å². The summed E-state index contributed by atoms with van der Waals surface area (Å²) in [7, 11) is 3.28. The van der Waals surface area contributed by atoms with Crippen LogP contribution in [-0.4, -0.2) is 30.1 Å². The van der Waals surface area contributed by atoms with E-state index >= 15 is 0 Å². The molecule has 0 aliphatic rings. The zero-order valence-electron chi connectivity index (χ0n) is 14.2. The normalized spacial score (nSPS) is 10.3. The van der Waals surface area contributed by atoms with E-state index in [0.29, 0.717) is 23.8 Å². The Morgan fingerprint density at radius 1 is 1.04 bits per heavy atom. The highest BCUT2D eigenvalue weighted by Gasteiger charge is 2.18. The van der Waals surface area contributed by atoms with Crippen molar-refractivity contribution in [2.45, 2.75) is 6.54 Å². The van der Waals surface area contributed by atoms with Gasteiger partial charge in [0.2, 0.25) is 5.95 Å². The maximum Gasteiger partial charge on any atom is 0.341 e. The summed E-state index contributed by atoms with van der Waals surface area (Å²) in [6, 6.07) is 19.7. The van der Waals surface area contributed by atoms with Gasteiger partial charge in [0.25, 0.3) is 0 Å². The van der Waals surface area contributed by atoms with Gasteiger partial charge in [-0.25, -0.2) is 14.8 Å². The highest BCUT2D eigenvalue weighted by Crippen LogP contribution is 2.24. The summed E-state index contributed by atoms with van der Waals surface area (Å²) in [4.78, 5) is 23.0. The molecular weight excluding hydrogens is 314 g/mol. The molecule has 25 heavy (non-hydrogen) atoms. The van der Waals surface area contributed by atoms with E-state index < -0.39 is 5.97 Å². The summed E-state index contributed by atoms with van der Waals surface area (Å²) in [6.45, 7) is 0.673. The second-order valence-electron chi connectivity index (χ2n) is 5.63. The molecule has 0 saturated carbocycles. The molecule has 0 N–H and O–H groups in total. The van der Waals surface area contributed by atoms with E-state index in [0.717, 1.165) is 11.1 Å². The van der Waals surface area contributed by atoms with Crippen LogP contribution in [0.4, 0.5) is 5.95 Å². The number of esters is 1. The van der Waals surface area contributed by atoms with Gasteiger partial charge in [0.1, 0.15) is 5.56 Å². The first-order chi connectivity index (χ1) is 12.2. The summed E-state index contributed by atoms with van der Waals surface area (Å²) in [5.41, 5.74) is 2.93. The third-order valence-corrected chi connectivity index (χ3v) is 3.83. The van der Waals surface area contributed by atoms with Crippen LogP contribution in [0.5, 0.6) is 0 Å². The Morgan fingerprint density at radius 3 is 2.32 bits per heavy atom. The fourth-order valence-electron chi connectivity index (χ4n) is 2.56. The van der Waals surface area contributed by atoms with Crippen LogP contribution in [0.2, 0.25) is 0 Å². The zero-order valence-corrected chi connectivity index (χ0v) is 14.2. The Labute approximate surface area is 146 Å². The van der Waals surface area contributed by atoms with Gasteiger partial charge >= 0.3 is 5.97 Å². The molecule has 1 aromatic heterocycles. The van der Waals surface area contributed by atoms with Crippen molar-refractivity contribution in [3.05, 3.63) is 78.0 Å². The average Bonchev–Trinajstić information content (AvgIpc) is 2.68. The van der Waals surface area contributed by atoms with E-state index in [2.05, 4.69) is 22.1 Å². The molecule has 3 rings (SSSR count). The van der Waals surface area contributed by atoms with Crippen molar-refractivity contribution in [2.75, 3.05) is 19.1 Å². The minimum Gasteiger partial charge on any atom is -0.465 e. The first-order valence-corrected chi connectivity index (χ1v) is 7.95. The molecule has 0 fully saturated rings. The number of aromatic nitrogens is 2. The molecule has 3 aromatic rings. The molecule has 2 aromatic carbocycles. The summed E-state index contributed by atoms with van der Waals surface area (Å²) in [6.07, 6.45) is 1.53. The van der Waals surface area contributed by atoms with Crippen molar-refractivity contribution < 1.29 is 9.53 Å². The maximum atomic E-state index is 12.1. The van der Waals surface area contributed by atoms with Crippen molar-refractivity contribution in [1.82, 2.24) is 9.97 Å². The minimum absolute atomic E-state index is 0.352. The zero-order chi connectivity index (χ0) is 17.6. The van der Waals surface area contributed by atoms with Crippen LogP contribution in [0.15, 0.2) is 66.9 Å². The van der Waals surface area contributed by atoms with Gasteiger partial charge in [0.15, 0.2) is 0 Å². The van der Waals surface area contributed by atoms with Crippen molar-refractivity contribution >= 4 is 11.9 Å². The third kappa shape index (κ3) is 3.83. The molecule has 0 radical (unpaired) electrons. The molecule has 0 amide bonds. The summed E-state index contributed by atoms with van der Waals surface area (Å²) < 4.78 is 4.86. The molecule has 0 spiro atoms. The fourth-order valence-corrected chi connectivity index (χ4v) is 2.56. The first kappa shape index (κ1) is 16.6. The molecule has 0 atom stereocenters. The summed E-state index contributed by atoms with van der Waals surface area (Å²) in [5.74, 6) is 0.103. The predicted molar refractivity (Wildman–Crippen MR) is 97.4 cm³/mol. The SMILES string of the molecule is COC(=O)c1cnc(N(C)Cc2ccccc2)nc1-c1ccccc1. The number of anilines is 1. The molecule has 0 unspecified atom stereocenters. The van der Waals surface area contributed by atoms with E-state index in [9.17, 15) is 4.79 Å². The van der Waals surface area contributed by atoms with Crippen LogP contribution in [0.25, 0.3) is 11.3 Å². The van der Waals surface area contributed by atoms with Crippen molar-refractivity contribution in [1.29, 1.82) is 0 Å². The Hall–Kier alpha value is -3.21. The van der Waals surface area contributed by atoms with Gasteiger partial charge in [-0.3, -0.25) is 0 Å². The van der Waals surface area contributed by atoms with Crippen LogP contribution < -0.4 is 4.90 Å². The second-order valence-corrected chi connectivity index (χ2v) is 5.63. The quantitative estimate of drug-likeness (QED) is 0.668. The minimum atomic E-state index is -0.448. The number of hydrogen-bond donors (Lipinski definition) is 0. The van der Waals surface area contributed by atoms with E-state index in [1.807, 2.05) is 60.5 Å². The average molecular weight is 333 g/mol. The van der Waals surface area contributed by atoms with E-state index in [1.165, 1.54) is 13.3 Å². The lowest BCUT2D eigenvalue weighted by molar-refractivity contribution is 0.0600.